The molecule has 1 saturated carbocycles. The van der Waals surface area contributed by atoms with Crippen LogP contribution in [0.3, 0.4) is 0 Å². The summed E-state index contributed by atoms with van der Waals surface area (Å²) >= 11 is 0. The molecule has 0 bridgehead atoms. The van der Waals surface area contributed by atoms with Crippen LogP contribution >= 0.6 is 0 Å². The third kappa shape index (κ3) is 4.75. The smallest absolute Gasteiger partial charge is 0.155 e. The van der Waals surface area contributed by atoms with Crippen LogP contribution in [-0.2, 0) is 14.2 Å². The summed E-state index contributed by atoms with van der Waals surface area (Å²) in [7, 11) is 0. The maximum Gasteiger partial charge on any atom is 0.155 e. The summed E-state index contributed by atoms with van der Waals surface area (Å²) in [5.41, 5.74) is 7.24. The molecule has 198 valence electrons. The number of ether oxygens (including phenoxy) is 3. The van der Waals surface area contributed by atoms with Gasteiger partial charge in [0.1, 0.15) is 0 Å². The summed E-state index contributed by atoms with van der Waals surface area (Å²) in [6.45, 7) is 22.2. The zero-order valence-corrected chi connectivity index (χ0v) is 24.1. The number of allylic oxidation sites excluding steroid dienone is 5. The highest BCUT2D eigenvalue weighted by Crippen LogP contribution is 2.66. The second-order valence-corrected chi connectivity index (χ2v) is 13.2. The Labute approximate surface area is 215 Å². The third-order valence-electron chi connectivity index (χ3n) is 10.6. The minimum absolute atomic E-state index is 0.121. The van der Waals surface area contributed by atoms with Crippen molar-refractivity contribution in [2.24, 2.45) is 28.1 Å². The Morgan fingerprint density at radius 1 is 1.03 bits per heavy atom. The first-order valence-electron chi connectivity index (χ1n) is 14.4. The second kappa shape index (κ2) is 10.1. The van der Waals surface area contributed by atoms with Gasteiger partial charge in [0.2, 0.25) is 0 Å². The molecule has 1 fully saturated rings. The van der Waals surface area contributed by atoms with E-state index in [-0.39, 0.29) is 34.7 Å². The van der Waals surface area contributed by atoms with Crippen LogP contribution in [0.1, 0.15) is 107 Å². The topological polar surface area (TPSA) is 27.7 Å². The summed E-state index contributed by atoms with van der Waals surface area (Å²) in [6, 6.07) is 0. The van der Waals surface area contributed by atoms with E-state index in [1.807, 2.05) is 6.92 Å². The van der Waals surface area contributed by atoms with Gasteiger partial charge in [0, 0.05) is 6.61 Å². The van der Waals surface area contributed by atoms with E-state index in [1.54, 1.807) is 16.7 Å². The number of hydrogen-bond acceptors (Lipinski definition) is 3. The molecule has 0 aromatic heterocycles. The molecular weight excluding hydrogens is 432 g/mol. The van der Waals surface area contributed by atoms with Gasteiger partial charge < -0.3 is 14.2 Å². The number of fused-ring (bicyclic) bond motifs is 4. The van der Waals surface area contributed by atoms with Gasteiger partial charge in [0.15, 0.2) is 6.29 Å². The van der Waals surface area contributed by atoms with E-state index in [9.17, 15) is 0 Å². The summed E-state index contributed by atoms with van der Waals surface area (Å²) in [4.78, 5) is 0. The van der Waals surface area contributed by atoms with Gasteiger partial charge in [-0.3, -0.25) is 0 Å². The minimum atomic E-state index is -0.121. The van der Waals surface area contributed by atoms with Crippen molar-refractivity contribution < 1.29 is 14.2 Å². The van der Waals surface area contributed by atoms with Crippen LogP contribution in [0.2, 0.25) is 0 Å². The molecule has 3 nitrogen and oxygen atoms in total. The van der Waals surface area contributed by atoms with Gasteiger partial charge in [-0.05, 0) is 119 Å². The molecule has 7 atom stereocenters. The molecule has 3 heteroatoms. The lowest BCUT2D eigenvalue weighted by Gasteiger charge is -2.60. The highest BCUT2D eigenvalue weighted by molar-refractivity contribution is 5.50. The summed E-state index contributed by atoms with van der Waals surface area (Å²) in [5.74, 6) is 1.25. The molecule has 4 aliphatic rings. The van der Waals surface area contributed by atoms with Gasteiger partial charge in [-0.25, -0.2) is 0 Å². The van der Waals surface area contributed by atoms with Crippen LogP contribution in [0.15, 0.2) is 34.4 Å². The Morgan fingerprint density at radius 3 is 2.46 bits per heavy atom. The van der Waals surface area contributed by atoms with Crippen LogP contribution in [0.4, 0.5) is 0 Å². The van der Waals surface area contributed by atoms with E-state index in [0.717, 1.165) is 19.4 Å². The second-order valence-electron chi connectivity index (χ2n) is 13.2. The predicted molar refractivity (Wildman–Crippen MR) is 145 cm³/mol. The highest BCUT2D eigenvalue weighted by atomic mass is 16.7. The lowest BCUT2D eigenvalue weighted by Crippen LogP contribution is -2.54. The Hall–Kier alpha value is -0.900. The minimum Gasteiger partial charge on any atom is -0.374 e. The lowest BCUT2D eigenvalue weighted by atomic mass is 9.46. The van der Waals surface area contributed by atoms with E-state index < -0.39 is 0 Å². The molecule has 0 radical (unpaired) electrons. The SMILES string of the molecule is CCOC(C)O[C@H]1CC[C@]2(C)C3=C(CC[C@H]2C1(C)C)C1=CC[C@H]([C@H](C)OCC=C(C)C)[C@@]1(C)CC3. The third-order valence-corrected chi connectivity index (χ3v) is 10.6. The quantitative estimate of drug-likeness (QED) is 0.256. The fourth-order valence-electron chi connectivity index (χ4n) is 8.64. The van der Waals surface area contributed by atoms with Crippen molar-refractivity contribution in [1.29, 1.82) is 0 Å². The molecule has 0 N–H and O–H groups in total. The van der Waals surface area contributed by atoms with Crippen molar-refractivity contribution in [3.05, 3.63) is 34.4 Å². The lowest BCUT2D eigenvalue weighted by molar-refractivity contribution is -0.214. The van der Waals surface area contributed by atoms with Gasteiger partial charge in [-0.1, -0.05) is 51.0 Å². The number of hydrogen-bond donors (Lipinski definition) is 0. The largest absolute Gasteiger partial charge is 0.374 e. The molecule has 4 rings (SSSR count). The van der Waals surface area contributed by atoms with Crippen molar-refractivity contribution in [3.8, 4) is 0 Å². The first-order valence-corrected chi connectivity index (χ1v) is 14.4. The Morgan fingerprint density at radius 2 is 1.77 bits per heavy atom. The van der Waals surface area contributed by atoms with Crippen LogP contribution < -0.4 is 0 Å². The Bertz CT molecular complexity index is 875. The normalized spacial score (nSPS) is 37.6. The zero-order valence-electron chi connectivity index (χ0n) is 24.1. The molecule has 0 amide bonds. The average molecular weight is 485 g/mol. The monoisotopic (exact) mass is 484 g/mol. The maximum absolute atomic E-state index is 6.48. The van der Waals surface area contributed by atoms with E-state index >= 15 is 0 Å². The molecule has 0 heterocycles. The van der Waals surface area contributed by atoms with Crippen LogP contribution in [-0.4, -0.2) is 31.7 Å². The van der Waals surface area contributed by atoms with E-state index in [1.165, 1.54) is 37.7 Å². The maximum atomic E-state index is 6.48. The van der Waals surface area contributed by atoms with Gasteiger partial charge in [0.05, 0.1) is 18.8 Å². The Kier molecular flexibility index (Phi) is 7.84. The van der Waals surface area contributed by atoms with Crippen molar-refractivity contribution >= 4 is 0 Å². The van der Waals surface area contributed by atoms with E-state index in [2.05, 4.69) is 67.5 Å². The predicted octanol–water partition coefficient (Wildman–Crippen LogP) is 8.40. The molecule has 0 spiro atoms. The summed E-state index contributed by atoms with van der Waals surface area (Å²) < 4.78 is 18.6. The zero-order chi connectivity index (χ0) is 25.6. The first-order chi connectivity index (χ1) is 16.4. The van der Waals surface area contributed by atoms with Crippen LogP contribution in [0.5, 0.6) is 0 Å². The molecule has 1 unspecified atom stereocenters. The summed E-state index contributed by atoms with van der Waals surface area (Å²) in [6.07, 6.45) is 13.8. The van der Waals surface area contributed by atoms with Gasteiger partial charge in [0.25, 0.3) is 0 Å². The molecule has 4 aliphatic carbocycles. The number of rotatable bonds is 8. The van der Waals surface area contributed by atoms with Crippen LogP contribution in [0.25, 0.3) is 0 Å². The molecular formula is C32H52O3. The fraction of sp³-hybridized carbons (Fsp3) is 0.812. The average Bonchev–Trinajstić information content (AvgIpc) is 3.13. The van der Waals surface area contributed by atoms with Gasteiger partial charge in [-0.2, -0.15) is 0 Å². The Balaban J connectivity index is 1.55. The van der Waals surface area contributed by atoms with Crippen molar-refractivity contribution in [2.45, 2.75) is 126 Å². The molecule has 35 heavy (non-hydrogen) atoms. The highest BCUT2D eigenvalue weighted by Gasteiger charge is 2.58. The van der Waals surface area contributed by atoms with Crippen LogP contribution in [0, 0.1) is 28.1 Å². The molecule has 0 aliphatic heterocycles. The first kappa shape index (κ1) is 27.1. The molecule has 0 aromatic carbocycles. The van der Waals surface area contributed by atoms with Crippen molar-refractivity contribution in [2.75, 3.05) is 13.2 Å². The van der Waals surface area contributed by atoms with Crippen molar-refractivity contribution in [3.63, 3.8) is 0 Å². The molecule has 0 saturated heterocycles. The fourth-order valence-corrected chi connectivity index (χ4v) is 8.64. The van der Waals surface area contributed by atoms with E-state index in [0.29, 0.717) is 18.4 Å². The summed E-state index contributed by atoms with van der Waals surface area (Å²) in [5, 5.41) is 0. The van der Waals surface area contributed by atoms with Gasteiger partial charge >= 0.3 is 0 Å². The van der Waals surface area contributed by atoms with E-state index in [4.69, 9.17) is 14.2 Å². The standard InChI is InChI=1S/C32H52O3/c1-10-33-23(5)35-29-16-19-32(9)27-15-18-31(8)25(22(4)34-20-17-21(2)3)12-13-26(31)24(27)11-14-28(32)30(29,6)7/h13,17,22-23,25,28-29H,10-12,14-16,18-20H2,1-9H3/t22-,23?,25+,28-,29-,31+,32+/m0/s1. The molecule has 0 aromatic rings. The van der Waals surface area contributed by atoms with Crippen molar-refractivity contribution in [1.82, 2.24) is 0 Å². The van der Waals surface area contributed by atoms with Gasteiger partial charge in [-0.15, -0.1) is 0 Å².